The fourth-order valence-electron chi connectivity index (χ4n) is 2.61. The highest BCUT2D eigenvalue weighted by Gasteiger charge is 2.34. The molecular weight excluding hydrogens is 290 g/mol. The van der Waals surface area contributed by atoms with Crippen LogP contribution in [0.5, 0.6) is 0 Å². The lowest BCUT2D eigenvalue weighted by Gasteiger charge is -2.21. The number of carbonyl (C=O) groups excluding carboxylic acids is 1. The number of hydrogen-bond donors (Lipinski definition) is 1. The van der Waals surface area contributed by atoms with Gasteiger partial charge in [-0.05, 0) is 30.5 Å². The van der Waals surface area contributed by atoms with Crippen LogP contribution in [0.3, 0.4) is 0 Å². The van der Waals surface area contributed by atoms with Crippen molar-refractivity contribution in [2.24, 2.45) is 0 Å². The predicted octanol–water partition coefficient (Wildman–Crippen LogP) is 2.35. The van der Waals surface area contributed by atoms with Gasteiger partial charge in [-0.2, -0.15) is 0 Å². The molecular formula is C16H20ClNO3. The lowest BCUT2D eigenvalue weighted by molar-refractivity contribution is -0.127. The molecule has 0 aliphatic carbocycles. The molecule has 21 heavy (non-hydrogen) atoms. The summed E-state index contributed by atoms with van der Waals surface area (Å²) in [4.78, 5) is 14.1. The molecule has 2 rings (SSSR count). The maximum Gasteiger partial charge on any atom is 0.247 e. The van der Waals surface area contributed by atoms with Crippen molar-refractivity contribution < 1.29 is 14.6 Å². The third kappa shape index (κ3) is 3.64. The number of methoxy groups -OCH3 is 1. The summed E-state index contributed by atoms with van der Waals surface area (Å²) in [6.45, 7) is 2.31. The molecule has 1 aromatic carbocycles. The van der Waals surface area contributed by atoms with Crippen LogP contribution in [-0.2, 0) is 9.53 Å². The van der Waals surface area contributed by atoms with Gasteiger partial charge in [-0.25, -0.2) is 0 Å². The Morgan fingerprint density at radius 3 is 2.86 bits per heavy atom. The fraction of sp³-hybridized carbons (Fsp3) is 0.438. The summed E-state index contributed by atoms with van der Waals surface area (Å²) in [6, 6.07) is 7.24. The van der Waals surface area contributed by atoms with Gasteiger partial charge in [-0.1, -0.05) is 29.8 Å². The molecule has 4 nitrogen and oxygen atoms in total. The van der Waals surface area contributed by atoms with Crippen molar-refractivity contribution in [2.45, 2.75) is 25.5 Å². The molecule has 1 aromatic rings. The topological polar surface area (TPSA) is 49.8 Å². The van der Waals surface area contributed by atoms with Crippen LogP contribution in [0.25, 0.3) is 5.57 Å². The van der Waals surface area contributed by atoms with Gasteiger partial charge in [0.05, 0.1) is 18.8 Å². The highest BCUT2D eigenvalue weighted by molar-refractivity contribution is 6.32. The number of halogens is 1. The van der Waals surface area contributed by atoms with E-state index in [0.717, 1.165) is 11.1 Å². The van der Waals surface area contributed by atoms with Gasteiger partial charge in [0.25, 0.3) is 0 Å². The second-order valence-corrected chi connectivity index (χ2v) is 5.63. The molecule has 0 bridgehead atoms. The number of aliphatic hydroxyl groups is 1. The number of likely N-dealkylation sites (tertiary alicyclic amines) is 1. The quantitative estimate of drug-likeness (QED) is 0.869. The van der Waals surface area contributed by atoms with Crippen LogP contribution in [0.1, 0.15) is 18.9 Å². The van der Waals surface area contributed by atoms with Gasteiger partial charge in [0.15, 0.2) is 0 Å². The molecule has 114 valence electrons. The normalized spacial score (nSPS) is 22.7. The summed E-state index contributed by atoms with van der Waals surface area (Å²) < 4.78 is 5.29. The molecule has 1 amide bonds. The minimum atomic E-state index is -0.183. The Hall–Kier alpha value is -1.36. The first-order chi connectivity index (χ1) is 10.1. The van der Waals surface area contributed by atoms with E-state index >= 15 is 0 Å². The van der Waals surface area contributed by atoms with E-state index in [1.165, 1.54) is 0 Å². The van der Waals surface area contributed by atoms with Gasteiger partial charge in [-0.15, -0.1) is 0 Å². The van der Waals surface area contributed by atoms with Crippen molar-refractivity contribution >= 4 is 23.1 Å². The Kier molecular flexibility index (Phi) is 5.39. The number of nitrogens with zero attached hydrogens (tertiary/aromatic N) is 1. The zero-order valence-electron chi connectivity index (χ0n) is 12.3. The molecule has 2 atom stereocenters. The first-order valence-corrected chi connectivity index (χ1v) is 7.32. The number of ether oxygens (including phenoxy) is 1. The number of allylic oxidation sites excluding steroid dienone is 1. The Morgan fingerprint density at radius 1 is 1.52 bits per heavy atom. The summed E-state index contributed by atoms with van der Waals surface area (Å²) in [5.41, 5.74) is 1.65. The number of carbonyl (C=O) groups is 1. The molecule has 0 aromatic heterocycles. The van der Waals surface area contributed by atoms with Crippen molar-refractivity contribution in [3.05, 3.63) is 40.9 Å². The van der Waals surface area contributed by atoms with E-state index in [0.29, 0.717) is 18.0 Å². The lowest BCUT2D eigenvalue weighted by atomic mass is 10.1. The van der Waals surface area contributed by atoms with Gasteiger partial charge < -0.3 is 14.7 Å². The molecule has 1 fully saturated rings. The third-order valence-corrected chi connectivity index (χ3v) is 4.17. The highest BCUT2D eigenvalue weighted by Crippen LogP contribution is 2.25. The Bertz CT molecular complexity index is 544. The molecule has 1 heterocycles. The SMILES string of the molecule is CO[C@@H]1C[C@@H](CO)N(C(=O)/C=C(\C)c2ccccc2Cl)C1. The maximum absolute atomic E-state index is 12.4. The number of amides is 1. The Labute approximate surface area is 130 Å². The smallest absolute Gasteiger partial charge is 0.247 e. The van der Waals surface area contributed by atoms with Crippen LogP contribution in [-0.4, -0.2) is 48.3 Å². The largest absolute Gasteiger partial charge is 0.394 e. The average Bonchev–Trinajstić information content (AvgIpc) is 2.91. The van der Waals surface area contributed by atoms with Crippen LogP contribution >= 0.6 is 11.6 Å². The summed E-state index contributed by atoms with van der Waals surface area (Å²) in [7, 11) is 1.62. The molecule has 5 heteroatoms. The summed E-state index contributed by atoms with van der Waals surface area (Å²) in [5.74, 6) is -0.119. The Balaban J connectivity index is 2.16. The first kappa shape index (κ1) is 16.0. The van der Waals surface area contributed by atoms with Gasteiger partial charge in [0.2, 0.25) is 5.91 Å². The number of aliphatic hydroxyl groups excluding tert-OH is 1. The first-order valence-electron chi connectivity index (χ1n) is 6.94. The van der Waals surface area contributed by atoms with Crippen molar-refractivity contribution in [3.63, 3.8) is 0 Å². The van der Waals surface area contributed by atoms with Crippen molar-refractivity contribution in [1.29, 1.82) is 0 Å². The average molecular weight is 310 g/mol. The van der Waals surface area contributed by atoms with Gasteiger partial charge in [0.1, 0.15) is 0 Å². The van der Waals surface area contributed by atoms with E-state index in [9.17, 15) is 9.90 Å². The molecule has 0 unspecified atom stereocenters. The van der Waals surface area contributed by atoms with E-state index in [1.54, 1.807) is 24.2 Å². The highest BCUT2D eigenvalue weighted by atomic mass is 35.5. The molecule has 0 saturated carbocycles. The minimum absolute atomic E-state index is 0.0138. The lowest BCUT2D eigenvalue weighted by Crippen LogP contribution is -2.37. The molecule has 1 saturated heterocycles. The van der Waals surface area contributed by atoms with Gasteiger partial charge >= 0.3 is 0 Å². The van der Waals surface area contributed by atoms with E-state index in [1.807, 2.05) is 25.1 Å². The molecule has 1 aliphatic rings. The zero-order valence-corrected chi connectivity index (χ0v) is 13.0. The van der Waals surface area contributed by atoms with E-state index in [4.69, 9.17) is 16.3 Å². The zero-order chi connectivity index (χ0) is 15.4. The van der Waals surface area contributed by atoms with E-state index in [-0.39, 0.29) is 24.7 Å². The Morgan fingerprint density at radius 2 is 2.24 bits per heavy atom. The van der Waals surface area contributed by atoms with E-state index < -0.39 is 0 Å². The van der Waals surface area contributed by atoms with E-state index in [2.05, 4.69) is 0 Å². The molecule has 1 N–H and O–H groups in total. The fourth-order valence-corrected chi connectivity index (χ4v) is 2.90. The number of benzene rings is 1. The molecule has 1 aliphatic heterocycles. The minimum Gasteiger partial charge on any atom is -0.394 e. The summed E-state index contributed by atoms with van der Waals surface area (Å²) in [5, 5.41) is 10.0. The van der Waals surface area contributed by atoms with Crippen molar-refractivity contribution in [2.75, 3.05) is 20.3 Å². The monoisotopic (exact) mass is 309 g/mol. The van der Waals surface area contributed by atoms with Gasteiger partial charge in [0, 0.05) is 24.8 Å². The predicted molar refractivity (Wildman–Crippen MR) is 83.1 cm³/mol. The number of rotatable bonds is 4. The van der Waals surface area contributed by atoms with Crippen molar-refractivity contribution in [3.8, 4) is 0 Å². The van der Waals surface area contributed by atoms with Crippen LogP contribution < -0.4 is 0 Å². The van der Waals surface area contributed by atoms with Crippen LogP contribution in [0.2, 0.25) is 5.02 Å². The molecule has 0 spiro atoms. The molecule has 0 radical (unpaired) electrons. The van der Waals surface area contributed by atoms with Crippen LogP contribution in [0, 0.1) is 0 Å². The summed E-state index contributed by atoms with van der Waals surface area (Å²) in [6.07, 6.45) is 2.22. The van der Waals surface area contributed by atoms with Crippen LogP contribution in [0.4, 0.5) is 0 Å². The van der Waals surface area contributed by atoms with Crippen LogP contribution in [0.15, 0.2) is 30.3 Å². The second-order valence-electron chi connectivity index (χ2n) is 5.23. The second kappa shape index (κ2) is 7.07. The van der Waals surface area contributed by atoms with Crippen molar-refractivity contribution in [1.82, 2.24) is 4.90 Å². The standard InChI is InChI=1S/C16H20ClNO3/c1-11(14-5-3-4-6-15(14)17)7-16(20)18-9-13(21-2)8-12(18)10-19/h3-7,12-13,19H,8-10H2,1-2H3/b11-7+/t12-,13+/m0/s1. The third-order valence-electron chi connectivity index (χ3n) is 3.84. The summed E-state index contributed by atoms with van der Waals surface area (Å²) >= 11 is 6.14. The number of hydrogen-bond acceptors (Lipinski definition) is 3. The van der Waals surface area contributed by atoms with Gasteiger partial charge in [-0.3, -0.25) is 4.79 Å². The maximum atomic E-state index is 12.4.